The van der Waals surface area contributed by atoms with Gasteiger partial charge in [-0.3, -0.25) is 24.6 Å². The lowest BCUT2D eigenvalue weighted by atomic mass is 9.99. The summed E-state index contributed by atoms with van der Waals surface area (Å²) in [7, 11) is 0. The van der Waals surface area contributed by atoms with Crippen LogP contribution in [-0.4, -0.2) is 49.5 Å². The average molecular weight is 520 g/mol. The molecule has 3 aliphatic heterocycles. The Morgan fingerprint density at radius 3 is 2.67 bits per heavy atom. The molecule has 0 saturated carbocycles. The van der Waals surface area contributed by atoms with E-state index in [2.05, 4.69) is 68.3 Å². The van der Waals surface area contributed by atoms with Gasteiger partial charge < -0.3 is 9.30 Å². The maximum atomic E-state index is 13.2. The first-order valence-corrected chi connectivity index (χ1v) is 13.6. The van der Waals surface area contributed by atoms with Gasteiger partial charge in [0.05, 0.1) is 0 Å². The van der Waals surface area contributed by atoms with Gasteiger partial charge in [0.2, 0.25) is 11.8 Å². The van der Waals surface area contributed by atoms with Gasteiger partial charge in [-0.15, -0.1) is 0 Å². The summed E-state index contributed by atoms with van der Waals surface area (Å²) in [4.78, 5) is 46.0. The van der Waals surface area contributed by atoms with Crippen molar-refractivity contribution in [1.29, 1.82) is 0 Å². The predicted octanol–water partition coefficient (Wildman–Crippen LogP) is 4.10. The highest BCUT2D eigenvalue weighted by Gasteiger charge is 2.39. The summed E-state index contributed by atoms with van der Waals surface area (Å²) in [6.45, 7) is 2.26. The molecule has 7 rings (SSSR count). The van der Waals surface area contributed by atoms with E-state index < -0.39 is 11.9 Å². The third-order valence-corrected chi connectivity index (χ3v) is 8.31. The van der Waals surface area contributed by atoms with Crippen LogP contribution in [0.5, 0.6) is 0 Å². The molecule has 8 nitrogen and oxygen atoms in total. The minimum Gasteiger partial charge on any atom is -0.322 e. The van der Waals surface area contributed by atoms with Gasteiger partial charge in [-0.05, 0) is 66.3 Å². The largest absolute Gasteiger partial charge is 0.322 e. The molecular formula is C31H29N5O3. The molecule has 196 valence electrons. The molecule has 5 heterocycles. The number of nitrogens with zero attached hydrogens (tertiary/aromatic N) is 4. The minimum atomic E-state index is -0.619. The number of carbonyl (C=O) groups excluding carboxylic acids is 3. The van der Waals surface area contributed by atoms with E-state index in [4.69, 9.17) is 0 Å². The van der Waals surface area contributed by atoms with E-state index in [1.807, 2.05) is 24.5 Å². The lowest BCUT2D eigenvalue weighted by molar-refractivity contribution is -0.136. The molecule has 3 amide bonds. The maximum Gasteiger partial charge on any atom is 0.255 e. The maximum absolute atomic E-state index is 13.2. The molecule has 0 radical (unpaired) electrons. The number of benzene rings is 2. The van der Waals surface area contributed by atoms with Crippen LogP contribution in [0.4, 0.5) is 0 Å². The van der Waals surface area contributed by atoms with Crippen LogP contribution in [0.3, 0.4) is 0 Å². The lowest BCUT2D eigenvalue weighted by Gasteiger charge is -2.29. The van der Waals surface area contributed by atoms with Crippen molar-refractivity contribution in [3.8, 4) is 11.1 Å². The summed E-state index contributed by atoms with van der Waals surface area (Å²) in [6.07, 6.45) is 8.89. The van der Waals surface area contributed by atoms with Crippen LogP contribution in [0.15, 0.2) is 73.2 Å². The summed E-state index contributed by atoms with van der Waals surface area (Å²) in [6, 6.07) is 18.6. The normalized spacial score (nSPS) is 21.5. The Balaban J connectivity index is 1.19. The summed E-state index contributed by atoms with van der Waals surface area (Å²) in [5, 5.41) is 2.37. The highest BCUT2D eigenvalue weighted by atomic mass is 16.2. The summed E-state index contributed by atoms with van der Waals surface area (Å²) in [5.41, 5.74) is 6.95. The smallest absolute Gasteiger partial charge is 0.255 e. The predicted molar refractivity (Wildman–Crippen MR) is 146 cm³/mol. The van der Waals surface area contributed by atoms with Crippen LogP contribution in [0.25, 0.3) is 16.8 Å². The second kappa shape index (κ2) is 9.47. The van der Waals surface area contributed by atoms with Gasteiger partial charge in [0.1, 0.15) is 11.7 Å². The van der Waals surface area contributed by atoms with E-state index in [1.165, 1.54) is 17.5 Å². The second-order valence-corrected chi connectivity index (χ2v) is 10.7. The molecule has 3 aliphatic rings. The SMILES string of the molecule is O=C1CCC(N2Cc3cc(-c4cc(CN5CCCC5c5ccccc5)cn5ccnc45)ccc3C2=O)C(=O)N1. The molecule has 8 heteroatoms. The summed E-state index contributed by atoms with van der Waals surface area (Å²) < 4.78 is 2.08. The number of imide groups is 1. The highest BCUT2D eigenvalue weighted by Crippen LogP contribution is 2.36. The van der Waals surface area contributed by atoms with Gasteiger partial charge in [-0.25, -0.2) is 4.98 Å². The van der Waals surface area contributed by atoms with Crippen LogP contribution in [0.1, 0.15) is 58.8 Å². The van der Waals surface area contributed by atoms with E-state index in [9.17, 15) is 14.4 Å². The molecule has 2 fully saturated rings. The fourth-order valence-electron chi connectivity index (χ4n) is 6.44. The van der Waals surface area contributed by atoms with Crippen LogP contribution >= 0.6 is 0 Å². The molecule has 4 aromatic rings. The number of amides is 3. The number of nitrogens with one attached hydrogen (secondary N) is 1. The van der Waals surface area contributed by atoms with Crippen molar-refractivity contribution in [3.05, 3.63) is 95.4 Å². The highest BCUT2D eigenvalue weighted by molar-refractivity contribution is 6.05. The number of rotatable bonds is 5. The third-order valence-electron chi connectivity index (χ3n) is 8.31. The Kier molecular flexibility index (Phi) is 5.77. The quantitative estimate of drug-likeness (QED) is 0.401. The first-order valence-electron chi connectivity index (χ1n) is 13.6. The van der Waals surface area contributed by atoms with Crippen LogP contribution in [0, 0.1) is 0 Å². The molecule has 2 saturated heterocycles. The molecule has 0 aliphatic carbocycles. The number of pyridine rings is 1. The zero-order valence-corrected chi connectivity index (χ0v) is 21.5. The lowest BCUT2D eigenvalue weighted by Crippen LogP contribution is -2.52. The van der Waals surface area contributed by atoms with E-state index in [0.717, 1.165) is 41.8 Å². The number of imidazole rings is 1. The monoisotopic (exact) mass is 519 g/mol. The van der Waals surface area contributed by atoms with Crippen molar-refractivity contribution < 1.29 is 14.4 Å². The standard InChI is InChI=1S/C31H29N5O3/c37-28-11-10-27(30(38)33-28)36-19-23-16-22(8-9-24(23)31(36)39)25-15-20(18-35-14-12-32-29(25)35)17-34-13-4-7-26(34)21-5-2-1-3-6-21/h1-3,5-6,8-9,12,14-16,18,26-27H,4,7,10-11,13,17,19H2,(H,33,37,38). The first kappa shape index (κ1) is 23.8. The van der Waals surface area contributed by atoms with Gasteiger partial charge in [0.15, 0.2) is 0 Å². The van der Waals surface area contributed by atoms with Gasteiger partial charge in [0.25, 0.3) is 5.91 Å². The van der Waals surface area contributed by atoms with Crippen molar-refractivity contribution in [3.63, 3.8) is 0 Å². The number of aromatic nitrogens is 2. The van der Waals surface area contributed by atoms with Crippen molar-refractivity contribution in [2.45, 2.75) is 50.9 Å². The van der Waals surface area contributed by atoms with Gasteiger partial charge in [-0.1, -0.05) is 36.4 Å². The molecule has 2 atom stereocenters. The molecule has 0 spiro atoms. The van der Waals surface area contributed by atoms with Crippen molar-refractivity contribution in [2.24, 2.45) is 0 Å². The second-order valence-electron chi connectivity index (χ2n) is 10.7. The van der Waals surface area contributed by atoms with E-state index in [1.54, 1.807) is 4.90 Å². The van der Waals surface area contributed by atoms with Gasteiger partial charge >= 0.3 is 0 Å². The molecule has 2 aromatic carbocycles. The number of likely N-dealkylation sites (tertiary alicyclic amines) is 1. The fourth-order valence-corrected chi connectivity index (χ4v) is 6.44. The number of hydrogen-bond acceptors (Lipinski definition) is 5. The Morgan fingerprint density at radius 2 is 1.82 bits per heavy atom. The summed E-state index contributed by atoms with van der Waals surface area (Å²) in [5.74, 6) is -0.836. The first-order chi connectivity index (χ1) is 19.0. The molecule has 0 bridgehead atoms. The van der Waals surface area contributed by atoms with Crippen LogP contribution in [-0.2, 0) is 22.7 Å². The van der Waals surface area contributed by atoms with E-state index >= 15 is 0 Å². The number of fused-ring (bicyclic) bond motifs is 2. The summed E-state index contributed by atoms with van der Waals surface area (Å²) >= 11 is 0. The zero-order valence-electron chi connectivity index (χ0n) is 21.5. The zero-order chi connectivity index (χ0) is 26.5. The van der Waals surface area contributed by atoms with Gasteiger partial charge in [-0.2, -0.15) is 0 Å². The Labute approximate surface area is 226 Å². The van der Waals surface area contributed by atoms with Crippen molar-refractivity contribution in [1.82, 2.24) is 24.5 Å². The Hall–Kier alpha value is -4.30. The molecule has 1 N–H and O–H groups in total. The Morgan fingerprint density at radius 1 is 0.949 bits per heavy atom. The van der Waals surface area contributed by atoms with Gasteiger partial charge in [0, 0.05) is 55.3 Å². The fraction of sp³-hybridized carbons (Fsp3) is 0.290. The molecule has 39 heavy (non-hydrogen) atoms. The van der Waals surface area contributed by atoms with Crippen molar-refractivity contribution in [2.75, 3.05) is 6.54 Å². The van der Waals surface area contributed by atoms with E-state index in [0.29, 0.717) is 24.6 Å². The van der Waals surface area contributed by atoms with Crippen molar-refractivity contribution >= 4 is 23.4 Å². The number of piperidine rings is 1. The minimum absolute atomic E-state index is 0.160. The third kappa shape index (κ3) is 4.21. The molecule has 2 unspecified atom stereocenters. The Bertz CT molecular complexity index is 1610. The van der Waals surface area contributed by atoms with Crippen LogP contribution in [0.2, 0.25) is 0 Å². The van der Waals surface area contributed by atoms with Crippen LogP contribution < -0.4 is 5.32 Å². The average Bonchev–Trinajstić information content (AvgIpc) is 3.68. The number of hydrogen-bond donors (Lipinski definition) is 1. The number of carbonyl (C=O) groups is 3. The molecule has 2 aromatic heterocycles. The molecular weight excluding hydrogens is 490 g/mol. The van der Waals surface area contributed by atoms with E-state index in [-0.39, 0.29) is 18.2 Å². The topological polar surface area (TPSA) is 87.0 Å².